The number of methoxy groups -OCH3 is 1. The highest BCUT2D eigenvalue weighted by molar-refractivity contribution is 5.99. The fourth-order valence-corrected chi connectivity index (χ4v) is 4.60. The van der Waals surface area contributed by atoms with Gasteiger partial charge in [-0.1, -0.05) is 33.1 Å². The quantitative estimate of drug-likeness (QED) is 0.520. The first kappa shape index (κ1) is 23.2. The summed E-state index contributed by atoms with van der Waals surface area (Å²) in [5.41, 5.74) is 3.34. The number of anilines is 1. The summed E-state index contributed by atoms with van der Waals surface area (Å²) in [6.07, 6.45) is 7.47. The third-order valence-corrected chi connectivity index (χ3v) is 6.46. The number of hydrogen-bond donors (Lipinski definition) is 1. The predicted molar refractivity (Wildman–Crippen MR) is 129 cm³/mol. The molecule has 8 heteroatoms. The van der Waals surface area contributed by atoms with E-state index in [0.29, 0.717) is 12.3 Å². The van der Waals surface area contributed by atoms with Crippen LogP contribution >= 0.6 is 0 Å². The van der Waals surface area contributed by atoms with Gasteiger partial charge < -0.3 is 14.7 Å². The van der Waals surface area contributed by atoms with Crippen LogP contribution in [-0.4, -0.2) is 58.1 Å². The van der Waals surface area contributed by atoms with Crippen molar-refractivity contribution in [1.29, 1.82) is 0 Å². The van der Waals surface area contributed by atoms with Gasteiger partial charge in [-0.05, 0) is 42.5 Å². The van der Waals surface area contributed by atoms with E-state index in [1.807, 2.05) is 28.8 Å². The first-order valence-electron chi connectivity index (χ1n) is 11.7. The van der Waals surface area contributed by atoms with E-state index in [1.54, 1.807) is 19.4 Å². The molecule has 3 aromatic rings. The second-order valence-electron chi connectivity index (χ2n) is 9.15. The predicted octanol–water partition coefficient (Wildman–Crippen LogP) is 4.90. The summed E-state index contributed by atoms with van der Waals surface area (Å²) in [6.45, 7) is 5.59. The van der Waals surface area contributed by atoms with Crippen LogP contribution in [0.3, 0.4) is 0 Å². The molecule has 1 N–H and O–H groups in total. The summed E-state index contributed by atoms with van der Waals surface area (Å²) in [5.74, 6) is -0.0213. The number of hydrogen-bond acceptors (Lipinski definition) is 6. The highest BCUT2D eigenvalue weighted by Crippen LogP contribution is 2.38. The Morgan fingerprint density at radius 2 is 2.03 bits per heavy atom. The van der Waals surface area contributed by atoms with Crippen molar-refractivity contribution in [2.45, 2.75) is 57.9 Å². The normalized spacial score (nSPS) is 14.8. The third kappa shape index (κ3) is 4.71. The van der Waals surface area contributed by atoms with Gasteiger partial charge in [-0.15, -0.1) is 0 Å². The topological polar surface area (TPSA) is 93.4 Å². The van der Waals surface area contributed by atoms with Gasteiger partial charge >= 0.3 is 5.97 Å². The lowest BCUT2D eigenvalue weighted by atomic mass is 9.95. The lowest BCUT2D eigenvalue weighted by Crippen LogP contribution is -2.22. The minimum Gasteiger partial charge on any atom is -0.477 e. The molecule has 3 aromatic heterocycles. The van der Waals surface area contributed by atoms with Crippen molar-refractivity contribution in [1.82, 2.24) is 19.7 Å². The van der Waals surface area contributed by atoms with Crippen LogP contribution in [-0.2, 0) is 4.74 Å². The highest BCUT2D eigenvalue weighted by Gasteiger charge is 2.26. The molecule has 3 heterocycles. The molecular weight excluding hydrogens is 418 g/mol. The van der Waals surface area contributed by atoms with E-state index in [4.69, 9.17) is 9.84 Å². The number of rotatable bonds is 8. The Morgan fingerprint density at radius 3 is 2.64 bits per heavy atom. The Bertz CT molecular complexity index is 1120. The van der Waals surface area contributed by atoms with Gasteiger partial charge in [0, 0.05) is 32.5 Å². The molecule has 1 fully saturated rings. The molecule has 0 amide bonds. The summed E-state index contributed by atoms with van der Waals surface area (Å²) < 4.78 is 7.16. The molecule has 1 aliphatic carbocycles. The zero-order chi connectivity index (χ0) is 23.5. The second-order valence-corrected chi connectivity index (χ2v) is 9.15. The first-order chi connectivity index (χ1) is 15.9. The SMILES string of the molecule is COCCN(C)c1ccc(-c2cc(C(=O)O)nc3c2c(C(C)C)nn3C2CCCCC2)cn1. The van der Waals surface area contributed by atoms with Crippen molar-refractivity contribution in [2.24, 2.45) is 0 Å². The molecule has 0 spiro atoms. The van der Waals surface area contributed by atoms with Gasteiger partial charge in [0.05, 0.1) is 23.7 Å². The van der Waals surface area contributed by atoms with Crippen molar-refractivity contribution in [3.63, 3.8) is 0 Å². The standard InChI is InChI=1S/C25H33N5O3/c1-16(2)23-22-19(17-10-11-21(26-15-17)29(3)12-13-33-4)14-20(25(31)32)27-24(22)30(28-23)18-8-6-5-7-9-18/h10-11,14-16,18H,5-9,12-13H2,1-4H3,(H,31,32). The van der Waals surface area contributed by atoms with Crippen LogP contribution in [0.15, 0.2) is 24.4 Å². The van der Waals surface area contributed by atoms with E-state index in [0.717, 1.165) is 60.3 Å². The van der Waals surface area contributed by atoms with E-state index in [-0.39, 0.29) is 17.7 Å². The summed E-state index contributed by atoms with van der Waals surface area (Å²) in [6, 6.07) is 5.87. The second kappa shape index (κ2) is 9.87. The minimum atomic E-state index is -1.04. The zero-order valence-electron chi connectivity index (χ0n) is 19.9. The number of ether oxygens (including phenoxy) is 1. The van der Waals surface area contributed by atoms with Gasteiger partial charge in [0.15, 0.2) is 11.3 Å². The number of fused-ring (bicyclic) bond motifs is 1. The largest absolute Gasteiger partial charge is 0.477 e. The summed E-state index contributed by atoms with van der Waals surface area (Å²) in [5, 5.41) is 15.7. The molecule has 0 saturated heterocycles. The Labute approximate surface area is 194 Å². The zero-order valence-corrected chi connectivity index (χ0v) is 19.9. The summed E-state index contributed by atoms with van der Waals surface area (Å²) in [4.78, 5) is 23.2. The van der Waals surface area contributed by atoms with Crippen LogP contribution in [0, 0.1) is 0 Å². The van der Waals surface area contributed by atoms with Crippen molar-refractivity contribution in [3.8, 4) is 11.1 Å². The average Bonchev–Trinajstić information content (AvgIpc) is 3.22. The van der Waals surface area contributed by atoms with Gasteiger partial charge in [0.2, 0.25) is 0 Å². The average molecular weight is 452 g/mol. The van der Waals surface area contributed by atoms with Gasteiger partial charge in [-0.25, -0.2) is 19.4 Å². The van der Waals surface area contributed by atoms with Crippen LogP contribution in [0.5, 0.6) is 0 Å². The summed E-state index contributed by atoms with van der Waals surface area (Å²) in [7, 11) is 3.65. The van der Waals surface area contributed by atoms with Gasteiger partial charge in [-0.3, -0.25) is 0 Å². The number of carboxylic acid groups (broad SMARTS) is 1. The molecule has 0 aliphatic heterocycles. The third-order valence-electron chi connectivity index (χ3n) is 6.46. The monoisotopic (exact) mass is 451 g/mol. The van der Waals surface area contributed by atoms with Gasteiger partial charge in [0.1, 0.15) is 5.82 Å². The van der Waals surface area contributed by atoms with Gasteiger partial charge in [-0.2, -0.15) is 5.10 Å². The van der Waals surface area contributed by atoms with Crippen LogP contribution in [0.4, 0.5) is 5.82 Å². The maximum Gasteiger partial charge on any atom is 0.354 e. The lowest BCUT2D eigenvalue weighted by Gasteiger charge is -2.22. The number of aromatic nitrogens is 4. The smallest absolute Gasteiger partial charge is 0.354 e. The van der Waals surface area contributed by atoms with E-state index >= 15 is 0 Å². The minimum absolute atomic E-state index is 0.0334. The van der Waals surface area contributed by atoms with E-state index < -0.39 is 5.97 Å². The van der Waals surface area contributed by atoms with Crippen molar-refractivity contribution in [3.05, 3.63) is 35.8 Å². The molecule has 0 aromatic carbocycles. The molecule has 4 rings (SSSR count). The first-order valence-corrected chi connectivity index (χ1v) is 11.7. The molecule has 0 radical (unpaired) electrons. The maximum absolute atomic E-state index is 12.0. The fourth-order valence-electron chi connectivity index (χ4n) is 4.60. The van der Waals surface area contributed by atoms with E-state index in [1.165, 1.54) is 6.42 Å². The molecule has 0 atom stereocenters. The number of pyridine rings is 2. The molecule has 1 saturated carbocycles. The van der Waals surface area contributed by atoms with Crippen LogP contribution in [0.1, 0.15) is 74.1 Å². The Kier molecular flexibility index (Phi) is 6.93. The van der Waals surface area contributed by atoms with Crippen molar-refractivity contribution >= 4 is 22.8 Å². The molecule has 176 valence electrons. The molecule has 1 aliphatic rings. The Hall–Kier alpha value is -3.00. The van der Waals surface area contributed by atoms with E-state index in [2.05, 4.69) is 23.8 Å². The molecule has 8 nitrogen and oxygen atoms in total. The highest BCUT2D eigenvalue weighted by atomic mass is 16.5. The number of carbonyl (C=O) groups is 1. The van der Waals surface area contributed by atoms with Crippen molar-refractivity contribution < 1.29 is 14.6 Å². The Balaban J connectivity index is 1.86. The van der Waals surface area contributed by atoms with Crippen LogP contribution in [0.25, 0.3) is 22.2 Å². The number of aromatic carboxylic acids is 1. The molecule has 0 unspecified atom stereocenters. The molecular formula is C25H33N5O3. The maximum atomic E-state index is 12.0. The number of likely N-dealkylation sites (N-methyl/N-ethyl adjacent to an activating group) is 1. The van der Waals surface area contributed by atoms with Gasteiger partial charge in [0.25, 0.3) is 0 Å². The molecule has 33 heavy (non-hydrogen) atoms. The summed E-state index contributed by atoms with van der Waals surface area (Å²) >= 11 is 0. The Morgan fingerprint density at radius 1 is 1.27 bits per heavy atom. The van der Waals surface area contributed by atoms with Crippen molar-refractivity contribution in [2.75, 3.05) is 32.2 Å². The van der Waals surface area contributed by atoms with Crippen LogP contribution in [0.2, 0.25) is 0 Å². The number of nitrogens with zero attached hydrogens (tertiary/aromatic N) is 5. The van der Waals surface area contributed by atoms with Crippen LogP contribution < -0.4 is 4.90 Å². The van der Waals surface area contributed by atoms with E-state index in [9.17, 15) is 9.90 Å². The number of carboxylic acids is 1. The lowest BCUT2D eigenvalue weighted by molar-refractivity contribution is 0.0691. The fraction of sp³-hybridized carbons (Fsp3) is 0.520. The molecule has 0 bridgehead atoms.